The maximum atomic E-state index is 11.9. The summed E-state index contributed by atoms with van der Waals surface area (Å²) in [6.45, 7) is 2.13. The summed E-state index contributed by atoms with van der Waals surface area (Å²) in [5.74, 6) is -0.503. The first-order chi connectivity index (χ1) is 7.30. The smallest absolute Gasteiger partial charge is 0.331 e. The number of cyclic esters (lactones) is 1. The zero-order valence-electron chi connectivity index (χ0n) is 8.62. The molecule has 1 N–H and O–H groups in total. The Kier molecular flexibility index (Phi) is 3.09. The lowest BCUT2D eigenvalue weighted by atomic mass is 9.91. The van der Waals surface area contributed by atoms with Gasteiger partial charge in [0.15, 0.2) is 0 Å². The normalized spacial score (nSPS) is 37.3. The lowest BCUT2D eigenvalue weighted by Crippen LogP contribution is -2.55. The first-order valence-electron chi connectivity index (χ1n) is 5.03. The Morgan fingerprint density at radius 3 is 2.75 bits per heavy atom. The van der Waals surface area contributed by atoms with Crippen LogP contribution >= 0.6 is 34.8 Å². The Morgan fingerprint density at radius 1 is 1.62 bits per heavy atom. The second-order valence-electron chi connectivity index (χ2n) is 4.20. The number of hydrogen-bond acceptors (Lipinski definition) is 4. The summed E-state index contributed by atoms with van der Waals surface area (Å²) in [5.41, 5.74) is -1.03. The van der Waals surface area contributed by atoms with Crippen LogP contribution in [0, 0.1) is 0 Å². The topological polar surface area (TPSA) is 49.8 Å². The predicted octanol–water partition coefficient (Wildman–Crippen LogP) is 1.45. The minimum Gasteiger partial charge on any atom is -0.440 e. The zero-order chi connectivity index (χ0) is 12.1. The van der Waals surface area contributed by atoms with Gasteiger partial charge in [-0.05, 0) is 19.8 Å². The summed E-state index contributed by atoms with van der Waals surface area (Å²) in [5, 5.41) is 9.80. The zero-order valence-corrected chi connectivity index (χ0v) is 10.9. The van der Waals surface area contributed by atoms with Crippen molar-refractivity contribution in [3.63, 3.8) is 0 Å². The van der Waals surface area contributed by atoms with E-state index in [-0.39, 0.29) is 0 Å². The van der Waals surface area contributed by atoms with Gasteiger partial charge in [0.2, 0.25) is 10.0 Å². The van der Waals surface area contributed by atoms with Gasteiger partial charge in [-0.3, -0.25) is 0 Å². The van der Waals surface area contributed by atoms with Crippen molar-refractivity contribution in [2.45, 2.75) is 41.4 Å². The Morgan fingerprint density at radius 2 is 2.25 bits per heavy atom. The molecule has 0 spiro atoms. The van der Waals surface area contributed by atoms with Crippen molar-refractivity contribution < 1.29 is 14.6 Å². The van der Waals surface area contributed by atoms with Gasteiger partial charge in [-0.15, -0.1) is 0 Å². The van der Waals surface area contributed by atoms with E-state index in [9.17, 15) is 9.90 Å². The van der Waals surface area contributed by atoms with Crippen LogP contribution in [0.5, 0.6) is 0 Å². The van der Waals surface area contributed by atoms with Gasteiger partial charge in [0.25, 0.3) is 0 Å². The van der Waals surface area contributed by atoms with Crippen molar-refractivity contribution in [1.29, 1.82) is 0 Å². The van der Waals surface area contributed by atoms with Gasteiger partial charge < -0.3 is 9.84 Å². The van der Waals surface area contributed by atoms with E-state index in [1.54, 1.807) is 11.8 Å². The third-order valence-electron chi connectivity index (χ3n) is 3.30. The molecule has 0 aromatic rings. The van der Waals surface area contributed by atoms with E-state index in [4.69, 9.17) is 39.5 Å². The molecule has 0 radical (unpaired) electrons. The molecule has 0 aliphatic carbocycles. The van der Waals surface area contributed by atoms with E-state index >= 15 is 0 Å². The number of ether oxygens (including phenoxy) is 1. The fourth-order valence-electron chi connectivity index (χ4n) is 2.54. The monoisotopic (exact) mass is 287 g/mol. The van der Waals surface area contributed by atoms with Gasteiger partial charge in [-0.25, -0.2) is 9.69 Å². The number of fused-ring (bicyclic) bond motifs is 1. The largest absolute Gasteiger partial charge is 0.440 e. The summed E-state index contributed by atoms with van der Waals surface area (Å²) in [6.07, 6.45) is -0.459. The molecule has 2 aliphatic heterocycles. The quantitative estimate of drug-likeness (QED) is 0.586. The minimum atomic E-state index is -1.70. The van der Waals surface area contributed by atoms with Crippen LogP contribution in [-0.4, -0.2) is 44.2 Å². The SMILES string of the molecule is CC(O)[C@]12CCCN1[C@H](C(Cl)(Cl)Cl)OC2=O. The molecule has 3 atom stereocenters. The van der Waals surface area contributed by atoms with Crippen LogP contribution in [0.3, 0.4) is 0 Å². The van der Waals surface area contributed by atoms with Gasteiger partial charge in [0, 0.05) is 6.54 Å². The molecule has 0 aromatic heterocycles. The molecule has 92 valence electrons. The number of alkyl halides is 3. The molecule has 2 rings (SSSR count). The third kappa shape index (κ3) is 1.63. The standard InChI is InChI=1S/C9H12Cl3NO3/c1-5(14)8-3-2-4-13(8)6(9(10,11)12)16-7(8)15/h5-6,14H,2-4H2,1H3/t5?,6-,8-/m0/s1. The number of rotatable bonds is 1. The maximum Gasteiger partial charge on any atom is 0.331 e. The molecule has 4 nitrogen and oxygen atoms in total. The van der Waals surface area contributed by atoms with E-state index in [0.29, 0.717) is 13.0 Å². The summed E-state index contributed by atoms with van der Waals surface area (Å²) in [6, 6.07) is 0. The minimum absolute atomic E-state index is 0.503. The van der Waals surface area contributed by atoms with E-state index in [1.165, 1.54) is 0 Å². The molecule has 0 saturated carbocycles. The third-order valence-corrected chi connectivity index (χ3v) is 3.86. The Balaban J connectivity index is 2.37. The number of nitrogens with zero attached hydrogens (tertiary/aromatic N) is 1. The highest BCUT2D eigenvalue weighted by Crippen LogP contribution is 2.47. The van der Waals surface area contributed by atoms with E-state index in [2.05, 4.69) is 0 Å². The van der Waals surface area contributed by atoms with Gasteiger partial charge in [-0.1, -0.05) is 34.8 Å². The number of aliphatic hydroxyl groups excluding tert-OH is 1. The highest BCUT2D eigenvalue weighted by atomic mass is 35.6. The molecule has 2 saturated heterocycles. The van der Waals surface area contributed by atoms with E-state index < -0.39 is 27.6 Å². The molecule has 2 aliphatic rings. The van der Waals surface area contributed by atoms with E-state index in [0.717, 1.165) is 6.42 Å². The number of carbonyl (C=O) groups excluding carboxylic acids is 1. The van der Waals surface area contributed by atoms with Crippen LogP contribution in [-0.2, 0) is 9.53 Å². The van der Waals surface area contributed by atoms with Crippen LogP contribution < -0.4 is 0 Å². The average molecular weight is 289 g/mol. The number of hydrogen-bond donors (Lipinski definition) is 1. The fourth-order valence-corrected chi connectivity index (χ4v) is 3.02. The highest BCUT2D eigenvalue weighted by molar-refractivity contribution is 6.68. The Hall–Kier alpha value is 0.260. The van der Waals surface area contributed by atoms with Crippen molar-refractivity contribution in [1.82, 2.24) is 4.90 Å². The van der Waals surface area contributed by atoms with Crippen LogP contribution in [0.2, 0.25) is 0 Å². The highest BCUT2D eigenvalue weighted by Gasteiger charge is 2.64. The molecule has 1 unspecified atom stereocenters. The van der Waals surface area contributed by atoms with Gasteiger partial charge in [0.05, 0.1) is 6.10 Å². The predicted molar refractivity (Wildman–Crippen MR) is 60.5 cm³/mol. The fraction of sp³-hybridized carbons (Fsp3) is 0.889. The number of halogens is 3. The van der Waals surface area contributed by atoms with Crippen molar-refractivity contribution in [2.75, 3.05) is 6.54 Å². The van der Waals surface area contributed by atoms with Crippen LogP contribution in [0.1, 0.15) is 19.8 Å². The molecule has 2 fully saturated rings. The number of carbonyl (C=O) groups is 1. The molecule has 0 amide bonds. The van der Waals surface area contributed by atoms with Crippen LogP contribution in [0.25, 0.3) is 0 Å². The lowest BCUT2D eigenvalue weighted by Gasteiger charge is -2.33. The van der Waals surface area contributed by atoms with Crippen molar-refractivity contribution in [3.05, 3.63) is 0 Å². The second-order valence-corrected chi connectivity index (χ2v) is 6.57. The lowest BCUT2D eigenvalue weighted by molar-refractivity contribution is -0.148. The summed E-state index contributed by atoms with van der Waals surface area (Å²) in [4.78, 5) is 13.5. The molecule has 0 bridgehead atoms. The molecular formula is C9H12Cl3NO3. The first-order valence-corrected chi connectivity index (χ1v) is 6.16. The average Bonchev–Trinajstić information content (AvgIpc) is 2.64. The molecule has 16 heavy (non-hydrogen) atoms. The molecule has 7 heteroatoms. The Bertz CT molecular complexity index is 318. The molecule has 2 heterocycles. The van der Waals surface area contributed by atoms with Crippen molar-refractivity contribution in [2.24, 2.45) is 0 Å². The molecule has 0 aromatic carbocycles. The van der Waals surface area contributed by atoms with Crippen molar-refractivity contribution in [3.8, 4) is 0 Å². The summed E-state index contributed by atoms with van der Waals surface area (Å²) in [7, 11) is 0. The first kappa shape index (κ1) is 12.7. The summed E-state index contributed by atoms with van der Waals surface area (Å²) < 4.78 is 3.39. The van der Waals surface area contributed by atoms with Gasteiger partial charge in [-0.2, -0.15) is 0 Å². The van der Waals surface area contributed by atoms with Crippen molar-refractivity contribution >= 4 is 40.8 Å². The number of aliphatic hydroxyl groups is 1. The molecular weight excluding hydrogens is 276 g/mol. The second kappa shape index (κ2) is 3.89. The maximum absolute atomic E-state index is 11.9. The Labute approximate surface area is 108 Å². The summed E-state index contributed by atoms with van der Waals surface area (Å²) >= 11 is 17.3. The van der Waals surface area contributed by atoms with E-state index in [1.807, 2.05) is 0 Å². The van der Waals surface area contributed by atoms with Gasteiger partial charge in [0.1, 0.15) is 5.54 Å². The van der Waals surface area contributed by atoms with Gasteiger partial charge >= 0.3 is 5.97 Å². The number of esters is 1. The van der Waals surface area contributed by atoms with Crippen LogP contribution in [0.15, 0.2) is 0 Å². The van der Waals surface area contributed by atoms with Crippen LogP contribution in [0.4, 0.5) is 0 Å².